The Morgan fingerprint density at radius 1 is 1.42 bits per heavy atom. The molecule has 0 spiro atoms. The van der Waals surface area contributed by atoms with Gasteiger partial charge < -0.3 is 15.2 Å². The minimum Gasteiger partial charge on any atom is -0.394 e. The third-order valence-corrected chi connectivity index (χ3v) is 5.07. The zero-order chi connectivity index (χ0) is 13.9. The number of nitrogens with one attached hydrogen (secondary N) is 1. The molecule has 4 heteroatoms. The van der Waals surface area contributed by atoms with Gasteiger partial charge in [0.25, 0.3) is 0 Å². The summed E-state index contributed by atoms with van der Waals surface area (Å²) in [6, 6.07) is 1.12. The maximum Gasteiger partial charge on any atom is 0.0703 e. The van der Waals surface area contributed by atoms with Crippen LogP contribution in [0.1, 0.15) is 46.0 Å². The highest BCUT2D eigenvalue weighted by Gasteiger charge is 2.42. The topological polar surface area (TPSA) is 44.7 Å². The van der Waals surface area contributed by atoms with E-state index in [1.165, 1.54) is 6.42 Å². The van der Waals surface area contributed by atoms with Crippen LogP contribution in [0.2, 0.25) is 0 Å². The van der Waals surface area contributed by atoms with E-state index in [2.05, 4.69) is 31.1 Å². The molecule has 19 heavy (non-hydrogen) atoms. The van der Waals surface area contributed by atoms with E-state index in [-0.39, 0.29) is 12.1 Å². The van der Waals surface area contributed by atoms with Crippen molar-refractivity contribution in [3.05, 3.63) is 0 Å². The molecule has 0 aromatic heterocycles. The quantitative estimate of drug-likeness (QED) is 0.765. The molecule has 1 saturated heterocycles. The molecule has 0 amide bonds. The number of aliphatic hydroxyl groups excluding tert-OH is 1. The number of nitrogens with zero attached hydrogens (tertiary/aromatic N) is 1. The van der Waals surface area contributed by atoms with Crippen molar-refractivity contribution in [3.8, 4) is 0 Å². The third-order valence-electron chi connectivity index (χ3n) is 5.07. The van der Waals surface area contributed by atoms with Gasteiger partial charge in [0.05, 0.1) is 12.7 Å². The summed E-state index contributed by atoms with van der Waals surface area (Å²) in [5, 5.41) is 13.3. The van der Waals surface area contributed by atoms with Gasteiger partial charge in [-0.1, -0.05) is 6.92 Å². The van der Waals surface area contributed by atoms with Gasteiger partial charge in [-0.2, -0.15) is 0 Å². The fraction of sp³-hybridized carbons (Fsp3) is 1.00. The fourth-order valence-corrected chi connectivity index (χ4v) is 3.72. The molecule has 1 heterocycles. The second kappa shape index (κ2) is 6.53. The van der Waals surface area contributed by atoms with Crippen molar-refractivity contribution in [2.75, 3.05) is 26.8 Å². The number of aliphatic hydroxyl groups is 1. The molecular formula is C15H30N2O2. The summed E-state index contributed by atoms with van der Waals surface area (Å²) in [5.74, 6) is 0. The van der Waals surface area contributed by atoms with Crippen LogP contribution in [-0.2, 0) is 4.74 Å². The van der Waals surface area contributed by atoms with Gasteiger partial charge in [0.15, 0.2) is 0 Å². The van der Waals surface area contributed by atoms with Crippen molar-refractivity contribution in [2.45, 2.75) is 69.7 Å². The zero-order valence-electron chi connectivity index (χ0n) is 12.7. The molecule has 0 radical (unpaired) electrons. The lowest BCUT2D eigenvalue weighted by atomic mass is 9.97. The van der Waals surface area contributed by atoms with Crippen molar-refractivity contribution in [3.63, 3.8) is 0 Å². The minimum absolute atomic E-state index is 0.0440. The van der Waals surface area contributed by atoms with Gasteiger partial charge in [0.2, 0.25) is 0 Å². The normalized spacial score (nSPS) is 39.3. The van der Waals surface area contributed by atoms with Crippen LogP contribution >= 0.6 is 0 Å². The molecule has 2 rings (SSSR count). The first-order valence-corrected chi connectivity index (χ1v) is 7.81. The molecule has 0 aromatic carbocycles. The summed E-state index contributed by atoms with van der Waals surface area (Å²) in [5.41, 5.74) is -0.0440. The van der Waals surface area contributed by atoms with Gasteiger partial charge in [0.1, 0.15) is 0 Å². The van der Waals surface area contributed by atoms with E-state index in [1.54, 1.807) is 0 Å². The Bertz CT molecular complexity index is 287. The van der Waals surface area contributed by atoms with Gasteiger partial charge in [-0.15, -0.1) is 0 Å². The molecule has 2 N–H and O–H groups in total. The first kappa shape index (κ1) is 15.2. The first-order valence-electron chi connectivity index (χ1n) is 7.81. The largest absolute Gasteiger partial charge is 0.394 e. The van der Waals surface area contributed by atoms with Crippen LogP contribution in [0.5, 0.6) is 0 Å². The molecule has 0 aromatic rings. The third kappa shape index (κ3) is 3.30. The lowest BCUT2D eigenvalue weighted by Gasteiger charge is -2.34. The van der Waals surface area contributed by atoms with Gasteiger partial charge in [-0.25, -0.2) is 0 Å². The van der Waals surface area contributed by atoms with Gasteiger partial charge in [-0.3, -0.25) is 4.90 Å². The second-order valence-corrected chi connectivity index (χ2v) is 6.36. The van der Waals surface area contributed by atoms with E-state index in [9.17, 15) is 5.11 Å². The van der Waals surface area contributed by atoms with Crippen LogP contribution in [0.3, 0.4) is 0 Å². The highest BCUT2D eigenvalue weighted by molar-refractivity contribution is 5.00. The lowest BCUT2D eigenvalue weighted by molar-refractivity contribution is 0.0645. The van der Waals surface area contributed by atoms with Crippen molar-refractivity contribution in [2.24, 2.45) is 0 Å². The Hall–Kier alpha value is -0.160. The fourth-order valence-electron chi connectivity index (χ4n) is 3.72. The molecule has 4 atom stereocenters. The van der Waals surface area contributed by atoms with Gasteiger partial charge in [0, 0.05) is 24.2 Å². The standard InChI is InChI=1S/C15H30N2O2/c1-4-8-16-15(11-18)7-5-13(10-15)17(3)14-6-9-19-12(14)2/h12-14,16,18H,4-11H2,1-3H3. The Balaban J connectivity index is 1.92. The first-order chi connectivity index (χ1) is 9.12. The van der Waals surface area contributed by atoms with Crippen LogP contribution in [0, 0.1) is 0 Å². The average molecular weight is 270 g/mol. The van der Waals surface area contributed by atoms with E-state index in [4.69, 9.17) is 4.74 Å². The molecule has 1 saturated carbocycles. The van der Waals surface area contributed by atoms with E-state index < -0.39 is 0 Å². The Morgan fingerprint density at radius 3 is 2.79 bits per heavy atom. The summed E-state index contributed by atoms with van der Waals surface area (Å²) < 4.78 is 5.68. The van der Waals surface area contributed by atoms with Crippen LogP contribution in [0.25, 0.3) is 0 Å². The molecule has 2 fully saturated rings. The zero-order valence-corrected chi connectivity index (χ0v) is 12.7. The van der Waals surface area contributed by atoms with Gasteiger partial charge in [-0.05, 0) is 52.6 Å². The molecule has 0 bridgehead atoms. The number of hydrogen-bond donors (Lipinski definition) is 2. The summed E-state index contributed by atoms with van der Waals surface area (Å²) in [7, 11) is 2.23. The van der Waals surface area contributed by atoms with E-state index in [0.29, 0.717) is 18.2 Å². The molecule has 112 valence electrons. The Kier molecular flexibility index (Phi) is 5.23. The van der Waals surface area contributed by atoms with Crippen LogP contribution in [0.4, 0.5) is 0 Å². The summed E-state index contributed by atoms with van der Waals surface area (Å²) in [6.07, 6.45) is 5.93. The maximum atomic E-state index is 9.75. The van der Waals surface area contributed by atoms with E-state index >= 15 is 0 Å². The highest BCUT2D eigenvalue weighted by Crippen LogP contribution is 2.35. The Labute approximate surface area is 117 Å². The van der Waals surface area contributed by atoms with Crippen molar-refractivity contribution >= 4 is 0 Å². The lowest BCUT2D eigenvalue weighted by Crippen LogP contribution is -2.49. The maximum absolute atomic E-state index is 9.75. The average Bonchev–Trinajstić information content (AvgIpc) is 3.03. The number of likely N-dealkylation sites (N-methyl/N-ethyl adjacent to an activating group) is 1. The molecular weight excluding hydrogens is 240 g/mol. The van der Waals surface area contributed by atoms with Crippen LogP contribution in [-0.4, -0.2) is 60.5 Å². The summed E-state index contributed by atoms with van der Waals surface area (Å²) in [4.78, 5) is 2.50. The molecule has 4 nitrogen and oxygen atoms in total. The van der Waals surface area contributed by atoms with Crippen LogP contribution in [0.15, 0.2) is 0 Å². The number of hydrogen-bond acceptors (Lipinski definition) is 4. The molecule has 1 aliphatic heterocycles. The van der Waals surface area contributed by atoms with Crippen LogP contribution < -0.4 is 5.32 Å². The summed E-state index contributed by atoms with van der Waals surface area (Å²) in [6.45, 7) is 6.50. The van der Waals surface area contributed by atoms with Crippen molar-refractivity contribution in [1.82, 2.24) is 10.2 Å². The second-order valence-electron chi connectivity index (χ2n) is 6.36. The Morgan fingerprint density at radius 2 is 2.21 bits per heavy atom. The monoisotopic (exact) mass is 270 g/mol. The van der Waals surface area contributed by atoms with Crippen molar-refractivity contribution in [1.29, 1.82) is 0 Å². The smallest absolute Gasteiger partial charge is 0.0703 e. The molecule has 2 aliphatic rings. The molecule has 4 unspecified atom stereocenters. The minimum atomic E-state index is -0.0440. The number of rotatable bonds is 6. The highest BCUT2D eigenvalue weighted by atomic mass is 16.5. The van der Waals surface area contributed by atoms with E-state index in [1.807, 2.05) is 0 Å². The SMILES string of the molecule is CCCNC1(CO)CCC(N(C)C2CCOC2C)C1. The van der Waals surface area contributed by atoms with E-state index in [0.717, 1.165) is 38.8 Å². The molecule has 1 aliphatic carbocycles. The summed E-state index contributed by atoms with van der Waals surface area (Å²) >= 11 is 0. The number of ether oxygens (including phenoxy) is 1. The predicted octanol–water partition coefficient (Wildman–Crippen LogP) is 1.38. The van der Waals surface area contributed by atoms with Crippen molar-refractivity contribution < 1.29 is 9.84 Å². The van der Waals surface area contributed by atoms with Gasteiger partial charge >= 0.3 is 0 Å². The predicted molar refractivity (Wildman–Crippen MR) is 77.3 cm³/mol.